The minimum atomic E-state index is 0.0161. The van der Waals surface area contributed by atoms with Crippen molar-refractivity contribution in [2.75, 3.05) is 12.3 Å². The summed E-state index contributed by atoms with van der Waals surface area (Å²) in [4.78, 5) is 20.6. The number of carbonyl (C=O) groups is 1. The maximum atomic E-state index is 12.6. The fraction of sp³-hybridized carbons (Fsp3) is 0.263. The molecule has 5 heteroatoms. The summed E-state index contributed by atoms with van der Waals surface area (Å²) in [6.07, 6.45) is 1.77. The summed E-state index contributed by atoms with van der Waals surface area (Å²) in [6, 6.07) is 10.3. The fourth-order valence-electron chi connectivity index (χ4n) is 3.38. The van der Waals surface area contributed by atoms with Crippen molar-refractivity contribution in [2.45, 2.75) is 26.3 Å². The lowest BCUT2D eigenvalue weighted by Gasteiger charge is -2.13. The molecule has 4 nitrogen and oxygen atoms in total. The van der Waals surface area contributed by atoms with Gasteiger partial charge in [-0.15, -0.1) is 11.3 Å². The second-order valence-electron chi connectivity index (χ2n) is 6.14. The number of nitrogens with zero attached hydrogens (tertiary/aromatic N) is 2. The topological polar surface area (TPSA) is 59.2 Å². The predicted molar refractivity (Wildman–Crippen MR) is 98.3 cm³/mol. The molecule has 0 fully saturated rings. The van der Waals surface area contributed by atoms with E-state index in [9.17, 15) is 4.79 Å². The summed E-state index contributed by atoms with van der Waals surface area (Å²) in [6.45, 7) is 3.38. The first-order chi connectivity index (χ1) is 11.7. The number of nitrogens with two attached hydrogens (primary N) is 1. The molecule has 1 aliphatic heterocycles. The van der Waals surface area contributed by atoms with Gasteiger partial charge in [-0.25, -0.2) is 4.98 Å². The average Bonchev–Trinajstić information content (AvgIpc) is 3.18. The molecule has 2 N–H and O–H groups in total. The molecule has 24 heavy (non-hydrogen) atoms. The molecule has 0 atom stereocenters. The average molecular weight is 337 g/mol. The lowest BCUT2D eigenvalue weighted by Crippen LogP contribution is -2.24. The van der Waals surface area contributed by atoms with Gasteiger partial charge < -0.3 is 10.6 Å². The third kappa shape index (κ3) is 2.36. The Hall–Kier alpha value is -2.40. The number of hydrogen-bond donors (Lipinski definition) is 1. The van der Waals surface area contributed by atoms with Gasteiger partial charge in [-0.1, -0.05) is 31.2 Å². The van der Waals surface area contributed by atoms with Crippen LogP contribution in [0.3, 0.4) is 0 Å². The van der Waals surface area contributed by atoms with Crippen molar-refractivity contribution in [1.82, 2.24) is 9.88 Å². The van der Waals surface area contributed by atoms with Gasteiger partial charge in [0, 0.05) is 23.2 Å². The first-order valence-corrected chi connectivity index (χ1v) is 9.08. The summed E-state index contributed by atoms with van der Waals surface area (Å²) in [7, 11) is 0. The molecule has 2 aromatic heterocycles. The molecule has 122 valence electrons. The van der Waals surface area contributed by atoms with Crippen LogP contribution in [-0.2, 0) is 13.0 Å². The van der Waals surface area contributed by atoms with Crippen molar-refractivity contribution in [3.8, 4) is 0 Å². The maximum Gasteiger partial charge on any atom is 0.258 e. The molecular weight excluding hydrogens is 318 g/mol. The van der Waals surface area contributed by atoms with Crippen LogP contribution in [0.4, 0.5) is 5.69 Å². The summed E-state index contributed by atoms with van der Waals surface area (Å²) >= 11 is 1.74. The molecule has 3 heterocycles. The Labute approximate surface area is 144 Å². The summed E-state index contributed by atoms with van der Waals surface area (Å²) in [5.74, 6) is 0.0161. The Morgan fingerprint density at radius 1 is 1.29 bits per heavy atom. The summed E-state index contributed by atoms with van der Waals surface area (Å²) in [5.41, 5.74) is 10.5. The number of amides is 1. The van der Waals surface area contributed by atoms with Gasteiger partial charge >= 0.3 is 0 Å². The van der Waals surface area contributed by atoms with Crippen LogP contribution >= 0.6 is 11.3 Å². The van der Waals surface area contributed by atoms with Crippen molar-refractivity contribution in [3.63, 3.8) is 0 Å². The highest BCUT2D eigenvalue weighted by atomic mass is 32.1. The number of anilines is 1. The third-order valence-corrected chi connectivity index (χ3v) is 5.37. The van der Waals surface area contributed by atoms with Crippen molar-refractivity contribution in [2.24, 2.45) is 0 Å². The normalized spacial score (nSPS) is 13.7. The summed E-state index contributed by atoms with van der Waals surface area (Å²) in [5, 5.41) is 2.97. The minimum absolute atomic E-state index is 0.0161. The fourth-order valence-corrected chi connectivity index (χ4v) is 4.11. The van der Waals surface area contributed by atoms with Crippen LogP contribution in [0, 0.1) is 0 Å². The standard InChI is InChI=1S/C19H19N3OS/c1-2-8-22-11-15-16(19(22)23)17(20)14-7-3-5-12(18(14)21-15)10-13-6-4-9-24-13/h3-7,9H,2,8,10-11H2,1H3,(H2,20,21). The second-order valence-corrected chi connectivity index (χ2v) is 7.18. The molecular formula is C19H19N3OS. The SMILES string of the molecule is CCCN1Cc2nc3c(Cc4cccs4)cccc3c(N)c2C1=O. The molecule has 1 aromatic carbocycles. The van der Waals surface area contributed by atoms with Gasteiger partial charge in [-0.3, -0.25) is 4.79 Å². The Morgan fingerprint density at radius 3 is 2.92 bits per heavy atom. The second kappa shape index (κ2) is 5.91. The molecule has 4 rings (SSSR count). The van der Waals surface area contributed by atoms with Crippen molar-refractivity contribution in [3.05, 3.63) is 57.4 Å². The van der Waals surface area contributed by atoms with Crippen LogP contribution in [0.15, 0.2) is 35.7 Å². The zero-order valence-corrected chi connectivity index (χ0v) is 14.4. The Balaban J connectivity index is 1.85. The molecule has 0 spiro atoms. The number of hydrogen-bond acceptors (Lipinski definition) is 4. The first-order valence-electron chi connectivity index (χ1n) is 8.20. The van der Waals surface area contributed by atoms with Crippen molar-refractivity contribution in [1.29, 1.82) is 0 Å². The Morgan fingerprint density at radius 2 is 2.17 bits per heavy atom. The zero-order valence-electron chi connectivity index (χ0n) is 13.6. The highest BCUT2D eigenvalue weighted by Crippen LogP contribution is 2.34. The third-order valence-electron chi connectivity index (χ3n) is 4.49. The van der Waals surface area contributed by atoms with Gasteiger partial charge in [0.25, 0.3) is 5.91 Å². The lowest BCUT2D eigenvalue weighted by atomic mass is 10.0. The lowest BCUT2D eigenvalue weighted by molar-refractivity contribution is 0.0779. The number of aromatic nitrogens is 1. The van der Waals surface area contributed by atoms with Gasteiger partial charge in [-0.05, 0) is 23.4 Å². The van der Waals surface area contributed by atoms with Crippen molar-refractivity contribution < 1.29 is 4.79 Å². The Bertz CT molecular complexity index is 918. The molecule has 3 aromatic rings. The largest absolute Gasteiger partial charge is 0.397 e. The molecule has 0 bridgehead atoms. The number of carbonyl (C=O) groups excluding carboxylic acids is 1. The van der Waals surface area contributed by atoms with Gasteiger partial charge in [0.1, 0.15) is 0 Å². The van der Waals surface area contributed by atoms with Gasteiger partial charge in [0.05, 0.1) is 29.0 Å². The van der Waals surface area contributed by atoms with E-state index in [1.807, 2.05) is 17.0 Å². The number of thiophene rings is 1. The van der Waals surface area contributed by atoms with E-state index >= 15 is 0 Å². The number of para-hydroxylation sites is 1. The number of nitrogen functional groups attached to an aromatic ring is 1. The van der Waals surface area contributed by atoms with E-state index in [1.165, 1.54) is 4.88 Å². The summed E-state index contributed by atoms with van der Waals surface area (Å²) < 4.78 is 0. The van der Waals surface area contributed by atoms with E-state index in [4.69, 9.17) is 10.7 Å². The number of benzene rings is 1. The molecule has 1 amide bonds. The molecule has 0 radical (unpaired) electrons. The van der Waals surface area contributed by atoms with Gasteiger partial charge in [-0.2, -0.15) is 0 Å². The van der Waals surface area contributed by atoms with Crippen LogP contribution in [0.2, 0.25) is 0 Å². The molecule has 0 aliphatic carbocycles. The monoisotopic (exact) mass is 337 g/mol. The van der Waals surface area contributed by atoms with E-state index in [2.05, 4.69) is 30.5 Å². The predicted octanol–water partition coefficient (Wildman–Crippen LogP) is 3.84. The van der Waals surface area contributed by atoms with Gasteiger partial charge in [0.2, 0.25) is 0 Å². The quantitative estimate of drug-likeness (QED) is 0.787. The smallest absolute Gasteiger partial charge is 0.258 e. The highest BCUT2D eigenvalue weighted by Gasteiger charge is 2.31. The molecule has 0 saturated carbocycles. The van der Waals surface area contributed by atoms with Crippen LogP contribution < -0.4 is 5.73 Å². The maximum absolute atomic E-state index is 12.6. The van der Waals surface area contributed by atoms with Crippen LogP contribution in [0.5, 0.6) is 0 Å². The molecule has 0 unspecified atom stereocenters. The zero-order chi connectivity index (χ0) is 16.7. The van der Waals surface area contributed by atoms with Crippen LogP contribution in [0.1, 0.15) is 39.8 Å². The van der Waals surface area contributed by atoms with E-state index in [0.717, 1.165) is 41.5 Å². The Kier molecular flexibility index (Phi) is 3.73. The number of pyridine rings is 1. The van der Waals surface area contributed by atoms with E-state index in [0.29, 0.717) is 17.8 Å². The number of fused-ring (bicyclic) bond motifs is 2. The molecule has 1 aliphatic rings. The van der Waals surface area contributed by atoms with E-state index < -0.39 is 0 Å². The highest BCUT2D eigenvalue weighted by molar-refractivity contribution is 7.09. The van der Waals surface area contributed by atoms with Crippen LogP contribution in [0.25, 0.3) is 10.9 Å². The molecule has 0 saturated heterocycles. The number of rotatable bonds is 4. The van der Waals surface area contributed by atoms with Gasteiger partial charge in [0.15, 0.2) is 0 Å². The van der Waals surface area contributed by atoms with Crippen molar-refractivity contribution >= 4 is 33.8 Å². The first kappa shape index (κ1) is 15.1. The van der Waals surface area contributed by atoms with E-state index in [-0.39, 0.29) is 5.91 Å². The van der Waals surface area contributed by atoms with E-state index in [1.54, 1.807) is 11.3 Å². The minimum Gasteiger partial charge on any atom is -0.397 e. The van der Waals surface area contributed by atoms with Crippen LogP contribution in [-0.4, -0.2) is 22.3 Å².